The maximum absolute atomic E-state index is 3.98. The fourth-order valence-electron chi connectivity index (χ4n) is 4.20. The Hall–Kier alpha value is -0.0400. The molecule has 2 atom stereocenters. The van der Waals surface area contributed by atoms with Crippen LogP contribution >= 0.6 is 0 Å². The van der Waals surface area contributed by atoms with Gasteiger partial charge in [0.25, 0.3) is 0 Å². The average molecular weight is 221 g/mol. The second-order valence-electron chi connectivity index (χ2n) is 6.66. The molecule has 3 fully saturated rings. The number of rotatable bonds is 3. The molecule has 0 amide bonds. The minimum atomic E-state index is 0.746. The van der Waals surface area contributed by atoms with Gasteiger partial charge in [-0.1, -0.05) is 25.7 Å². The zero-order valence-corrected chi connectivity index (χ0v) is 10.8. The Morgan fingerprint density at radius 3 is 2.19 bits per heavy atom. The summed E-state index contributed by atoms with van der Waals surface area (Å²) in [6, 6.07) is 1.67. The van der Waals surface area contributed by atoms with Crippen LogP contribution in [0.1, 0.15) is 71.1 Å². The molecule has 92 valence electrons. The van der Waals surface area contributed by atoms with E-state index in [0.717, 1.165) is 23.4 Å². The van der Waals surface area contributed by atoms with Crippen molar-refractivity contribution in [1.82, 2.24) is 5.32 Å². The van der Waals surface area contributed by atoms with E-state index < -0.39 is 0 Å². The van der Waals surface area contributed by atoms with E-state index in [0.29, 0.717) is 0 Å². The number of nitrogens with one attached hydrogen (secondary N) is 1. The summed E-state index contributed by atoms with van der Waals surface area (Å²) in [5, 5.41) is 3.98. The minimum Gasteiger partial charge on any atom is -0.311 e. The Labute approximate surface area is 100 Å². The van der Waals surface area contributed by atoms with Crippen LogP contribution in [0.15, 0.2) is 0 Å². The summed E-state index contributed by atoms with van der Waals surface area (Å²) in [6.07, 6.45) is 14.9. The third kappa shape index (κ3) is 1.81. The molecule has 1 nitrogen and oxygen atoms in total. The molecule has 0 heterocycles. The Balaban J connectivity index is 1.54. The molecule has 1 heteroatoms. The van der Waals surface area contributed by atoms with Crippen molar-refractivity contribution in [3.63, 3.8) is 0 Å². The van der Waals surface area contributed by atoms with Crippen molar-refractivity contribution in [2.45, 2.75) is 83.2 Å². The van der Waals surface area contributed by atoms with Crippen LogP contribution in [0.25, 0.3) is 0 Å². The normalized spacial score (nSPS) is 35.4. The van der Waals surface area contributed by atoms with Gasteiger partial charge in [-0.2, -0.15) is 0 Å². The summed E-state index contributed by atoms with van der Waals surface area (Å²) in [5.41, 5.74) is 0.746. The summed E-state index contributed by atoms with van der Waals surface area (Å²) in [6.45, 7) is 2.43. The van der Waals surface area contributed by atoms with Crippen molar-refractivity contribution in [2.24, 2.45) is 11.3 Å². The van der Waals surface area contributed by atoms with Gasteiger partial charge in [0.15, 0.2) is 0 Å². The first kappa shape index (κ1) is 11.1. The predicted octanol–water partition coefficient (Wildman–Crippen LogP) is 3.88. The first-order valence-corrected chi connectivity index (χ1v) is 7.56. The lowest BCUT2D eigenvalue weighted by atomic mass is 9.57. The smallest absolute Gasteiger partial charge is 0.0126 e. The number of hydrogen-bond donors (Lipinski definition) is 1. The largest absolute Gasteiger partial charge is 0.311 e. The van der Waals surface area contributed by atoms with Crippen molar-refractivity contribution in [1.29, 1.82) is 0 Å². The summed E-state index contributed by atoms with van der Waals surface area (Å²) in [5.74, 6) is 1.00. The molecule has 0 bridgehead atoms. The van der Waals surface area contributed by atoms with E-state index in [1.165, 1.54) is 64.2 Å². The van der Waals surface area contributed by atoms with E-state index in [4.69, 9.17) is 0 Å². The highest BCUT2D eigenvalue weighted by Gasteiger charge is 2.47. The summed E-state index contributed by atoms with van der Waals surface area (Å²) in [4.78, 5) is 0. The van der Waals surface area contributed by atoms with Crippen molar-refractivity contribution in [2.75, 3.05) is 0 Å². The molecule has 3 saturated carbocycles. The van der Waals surface area contributed by atoms with Gasteiger partial charge in [0.05, 0.1) is 0 Å². The maximum atomic E-state index is 3.98. The van der Waals surface area contributed by atoms with Gasteiger partial charge in [-0.25, -0.2) is 0 Å². The van der Waals surface area contributed by atoms with E-state index in [-0.39, 0.29) is 0 Å². The van der Waals surface area contributed by atoms with Gasteiger partial charge in [0, 0.05) is 12.1 Å². The van der Waals surface area contributed by atoms with Gasteiger partial charge < -0.3 is 5.32 Å². The van der Waals surface area contributed by atoms with Gasteiger partial charge >= 0.3 is 0 Å². The summed E-state index contributed by atoms with van der Waals surface area (Å²) < 4.78 is 0. The molecule has 1 N–H and O–H groups in total. The van der Waals surface area contributed by atoms with Crippen molar-refractivity contribution < 1.29 is 0 Å². The topological polar surface area (TPSA) is 12.0 Å². The van der Waals surface area contributed by atoms with Crippen molar-refractivity contribution in [3.8, 4) is 0 Å². The molecule has 0 aliphatic heterocycles. The second kappa shape index (κ2) is 4.33. The van der Waals surface area contributed by atoms with Crippen LogP contribution in [0, 0.1) is 11.3 Å². The molecule has 0 radical (unpaired) electrons. The van der Waals surface area contributed by atoms with Gasteiger partial charge in [-0.05, 0) is 56.8 Å². The molecular weight excluding hydrogens is 194 g/mol. The molecule has 1 spiro atoms. The van der Waals surface area contributed by atoms with Crippen molar-refractivity contribution in [3.05, 3.63) is 0 Å². The molecule has 16 heavy (non-hydrogen) atoms. The molecule has 3 aliphatic rings. The Bertz CT molecular complexity index is 238. The Morgan fingerprint density at radius 1 is 0.938 bits per heavy atom. The van der Waals surface area contributed by atoms with Crippen LogP contribution in [0.4, 0.5) is 0 Å². The lowest BCUT2D eigenvalue weighted by molar-refractivity contribution is 0.00947. The zero-order valence-electron chi connectivity index (χ0n) is 10.8. The fourth-order valence-corrected chi connectivity index (χ4v) is 4.20. The highest BCUT2D eigenvalue weighted by Crippen LogP contribution is 2.52. The Morgan fingerprint density at radius 2 is 1.69 bits per heavy atom. The van der Waals surface area contributed by atoms with E-state index in [1.807, 2.05) is 0 Å². The fraction of sp³-hybridized carbons (Fsp3) is 1.00. The first-order chi connectivity index (χ1) is 7.80. The van der Waals surface area contributed by atoms with E-state index in [2.05, 4.69) is 12.2 Å². The zero-order chi connectivity index (χ0) is 11.0. The van der Waals surface area contributed by atoms with Gasteiger partial charge in [0.1, 0.15) is 0 Å². The standard InChI is InChI=1S/C15H27N/c1-12(13-6-5-7-13)16-14-8-11-15(14)9-3-2-4-10-15/h12-14,16H,2-11H2,1H3. The minimum absolute atomic E-state index is 0.746. The SMILES string of the molecule is CC(NC1CCC12CCCCC2)C1CCC1. The van der Waals surface area contributed by atoms with E-state index in [1.54, 1.807) is 0 Å². The van der Waals surface area contributed by atoms with Crippen LogP contribution in [-0.2, 0) is 0 Å². The quantitative estimate of drug-likeness (QED) is 0.762. The third-order valence-electron chi connectivity index (χ3n) is 5.84. The average Bonchev–Trinajstić information content (AvgIpc) is 2.23. The van der Waals surface area contributed by atoms with Crippen LogP contribution in [0.2, 0.25) is 0 Å². The maximum Gasteiger partial charge on any atom is 0.0126 e. The lowest BCUT2D eigenvalue weighted by Crippen LogP contribution is -2.58. The monoisotopic (exact) mass is 221 g/mol. The molecular formula is C15H27N. The van der Waals surface area contributed by atoms with E-state index >= 15 is 0 Å². The first-order valence-electron chi connectivity index (χ1n) is 7.56. The van der Waals surface area contributed by atoms with Crippen LogP contribution in [0.3, 0.4) is 0 Å². The van der Waals surface area contributed by atoms with Gasteiger partial charge in [0.2, 0.25) is 0 Å². The second-order valence-corrected chi connectivity index (χ2v) is 6.66. The Kier molecular flexibility index (Phi) is 2.99. The summed E-state index contributed by atoms with van der Waals surface area (Å²) >= 11 is 0. The molecule has 2 unspecified atom stereocenters. The molecule has 3 aliphatic carbocycles. The third-order valence-corrected chi connectivity index (χ3v) is 5.84. The molecule has 0 aromatic carbocycles. The van der Waals surface area contributed by atoms with Crippen LogP contribution in [-0.4, -0.2) is 12.1 Å². The van der Waals surface area contributed by atoms with Gasteiger partial charge in [-0.15, -0.1) is 0 Å². The lowest BCUT2D eigenvalue weighted by Gasteiger charge is -2.54. The van der Waals surface area contributed by atoms with Crippen LogP contribution in [0.5, 0.6) is 0 Å². The highest BCUT2D eigenvalue weighted by atomic mass is 15.0. The molecule has 0 saturated heterocycles. The highest BCUT2D eigenvalue weighted by molar-refractivity contribution is 5.02. The number of hydrogen-bond acceptors (Lipinski definition) is 1. The van der Waals surface area contributed by atoms with Crippen molar-refractivity contribution >= 4 is 0 Å². The molecule has 0 aromatic rings. The van der Waals surface area contributed by atoms with Crippen LogP contribution < -0.4 is 5.32 Å². The molecule has 0 aromatic heterocycles. The van der Waals surface area contributed by atoms with Gasteiger partial charge in [-0.3, -0.25) is 0 Å². The predicted molar refractivity (Wildman–Crippen MR) is 68.5 cm³/mol. The summed E-state index contributed by atoms with van der Waals surface area (Å²) in [7, 11) is 0. The van der Waals surface area contributed by atoms with E-state index in [9.17, 15) is 0 Å². The molecule has 3 rings (SSSR count).